The van der Waals surface area contributed by atoms with E-state index in [4.69, 9.17) is 0 Å². The molecule has 2 fully saturated rings. The Kier molecular flexibility index (Phi) is 3.19. The van der Waals surface area contributed by atoms with Gasteiger partial charge in [0.2, 0.25) is 0 Å². The molecule has 6 aliphatic rings. The summed E-state index contributed by atoms with van der Waals surface area (Å²) in [5.74, 6) is 4.64. The second kappa shape index (κ2) is 5.41. The van der Waals surface area contributed by atoms with E-state index in [0.717, 1.165) is 36.8 Å². The van der Waals surface area contributed by atoms with Crippen molar-refractivity contribution in [3.63, 3.8) is 0 Å². The number of Topliss-reactive ketones (excluding diaryl/α,β-unsaturated/α-hetero) is 2. The average Bonchev–Trinajstić information content (AvgIpc) is 3.43. The lowest BCUT2D eigenvalue weighted by molar-refractivity contribution is -0.120. The highest BCUT2D eigenvalue weighted by Crippen LogP contribution is 2.54. The number of ketones is 2. The number of carbonyl (C=O) groups excluding carboxylic acids is 2. The lowest BCUT2D eigenvalue weighted by Gasteiger charge is -2.18. The molecule has 2 heteroatoms. The minimum Gasteiger partial charge on any atom is -0.294 e. The van der Waals surface area contributed by atoms with Crippen LogP contribution in [0.25, 0.3) is 0 Å². The van der Waals surface area contributed by atoms with Crippen molar-refractivity contribution >= 4 is 11.6 Å². The van der Waals surface area contributed by atoms with Crippen LogP contribution < -0.4 is 0 Å². The van der Waals surface area contributed by atoms with Gasteiger partial charge >= 0.3 is 0 Å². The van der Waals surface area contributed by atoms with Crippen molar-refractivity contribution < 1.29 is 9.59 Å². The Balaban J connectivity index is 1.04. The van der Waals surface area contributed by atoms with Crippen LogP contribution in [0, 0.1) is 47.3 Å². The summed E-state index contributed by atoms with van der Waals surface area (Å²) < 4.78 is 0. The lowest BCUT2D eigenvalue weighted by Crippen LogP contribution is -2.21. The second-order valence-electron chi connectivity index (χ2n) is 9.42. The third-order valence-electron chi connectivity index (χ3n) is 8.21. The van der Waals surface area contributed by atoms with Crippen LogP contribution in [0.2, 0.25) is 0 Å². The van der Waals surface area contributed by atoms with Gasteiger partial charge in [-0.2, -0.15) is 0 Å². The molecule has 0 aromatic carbocycles. The van der Waals surface area contributed by atoms with Gasteiger partial charge in [0.25, 0.3) is 0 Å². The second-order valence-corrected chi connectivity index (χ2v) is 9.42. The van der Waals surface area contributed by atoms with Gasteiger partial charge in [-0.15, -0.1) is 0 Å². The summed E-state index contributed by atoms with van der Waals surface area (Å²) in [6.07, 6.45) is 20.1. The number of unbranched alkanes of at least 4 members (excludes halogenated alkanes) is 1. The van der Waals surface area contributed by atoms with E-state index >= 15 is 0 Å². The van der Waals surface area contributed by atoms with Gasteiger partial charge < -0.3 is 0 Å². The molecule has 0 radical (unpaired) electrons. The summed E-state index contributed by atoms with van der Waals surface area (Å²) in [5, 5.41) is 0. The highest BCUT2D eigenvalue weighted by molar-refractivity contribution is 6.01. The molecule has 4 bridgehead atoms. The number of allylic oxidation sites excluding steroid dienone is 8. The lowest BCUT2D eigenvalue weighted by atomic mass is 9.84. The van der Waals surface area contributed by atoms with Crippen LogP contribution in [-0.2, 0) is 9.59 Å². The normalized spacial score (nSPS) is 46.3. The molecule has 0 aromatic heterocycles. The molecule has 26 heavy (non-hydrogen) atoms. The Labute approximate surface area is 155 Å². The fraction of sp³-hybridized carbons (Fsp3) is 0.583. The molecule has 0 amide bonds. The van der Waals surface area contributed by atoms with Gasteiger partial charge in [-0.3, -0.25) is 9.59 Å². The quantitative estimate of drug-likeness (QED) is 0.545. The van der Waals surface area contributed by atoms with Crippen LogP contribution in [0.5, 0.6) is 0 Å². The van der Waals surface area contributed by atoms with Crippen molar-refractivity contribution in [3.8, 4) is 0 Å². The minimum atomic E-state index is 0.265. The van der Waals surface area contributed by atoms with E-state index < -0.39 is 0 Å². The maximum atomic E-state index is 12.7. The maximum absolute atomic E-state index is 12.7. The van der Waals surface area contributed by atoms with E-state index in [1.807, 2.05) is 0 Å². The smallest absolute Gasteiger partial charge is 0.162 e. The van der Waals surface area contributed by atoms with Crippen LogP contribution in [0.1, 0.15) is 38.5 Å². The highest BCUT2D eigenvalue weighted by atomic mass is 16.1. The van der Waals surface area contributed by atoms with E-state index in [9.17, 15) is 9.59 Å². The molecule has 6 rings (SSSR count). The minimum absolute atomic E-state index is 0.265. The SMILES string of the molecule is O=C1C(CCCCC2=C[C@@H]3[C@H](C2=O)[C@H]2C=C[C@@H]3C2)=C[C@H]2[C@@H]1[C@@H]1C=C[C@H]2C1. The topological polar surface area (TPSA) is 34.1 Å². The van der Waals surface area contributed by atoms with Crippen molar-refractivity contribution in [1.29, 1.82) is 0 Å². The largest absolute Gasteiger partial charge is 0.294 e. The number of hydrogen-bond donors (Lipinski definition) is 0. The molecule has 8 atom stereocenters. The Morgan fingerprint density at radius 3 is 1.50 bits per heavy atom. The summed E-state index contributed by atoms with van der Waals surface area (Å²) in [4.78, 5) is 25.4. The molecule has 0 aliphatic heterocycles. The molecular weight excluding hydrogens is 320 g/mol. The van der Waals surface area contributed by atoms with Crippen LogP contribution in [0.3, 0.4) is 0 Å². The maximum Gasteiger partial charge on any atom is 0.162 e. The standard InChI is InChI=1S/C24H26O2/c25-23-17(11-19-13-5-7-15(9-13)21(19)23)3-1-2-4-18-12-20-14-6-8-16(10-14)22(20)24(18)26/h5-8,11-16,19-22H,1-4,9-10H2/t13-,14+,15+,16-,19+,20-,21-,22+. The Hall–Kier alpha value is -1.70. The number of fused-ring (bicyclic) bond motifs is 10. The summed E-state index contributed by atoms with van der Waals surface area (Å²) in [7, 11) is 0. The van der Waals surface area contributed by atoms with Gasteiger partial charge in [-0.05, 0) is 85.2 Å². The number of rotatable bonds is 5. The highest BCUT2D eigenvalue weighted by Gasteiger charge is 2.51. The predicted octanol–water partition coefficient (Wildman–Crippen LogP) is 4.44. The number of hydrogen-bond acceptors (Lipinski definition) is 2. The first-order chi connectivity index (χ1) is 12.7. The van der Waals surface area contributed by atoms with Gasteiger partial charge in [0.15, 0.2) is 11.6 Å². The molecule has 0 heterocycles. The van der Waals surface area contributed by atoms with Gasteiger partial charge in [0.1, 0.15) is 0 Å². The monoisotopic (exact) mass is 346 g/mol. The first-order valence-electron chi connectivity index (χ1n) is 10.6. The Bertz CT molecular complexity index is 742. The molecular formula is C24H26O2. The molecule has 0 aromatic rings. The van der Waals surface area contributed by atoms with E-state index in [0.29, 0.717) is 47.1 Å². The van der Waals surface area contributed by atoms with Crippen molar-refractivity contribution in [2.75, 3.05) is 0 Å². The summed E-state index contributed by atoms with van der Waals surface area (Å²) in [6, 6.07) is 0. The van der Waals surface area contributed by atoms with E-state index in [-0.39, 0.29) is 11.8 Å². The molecule has 0 unspecified atom stereocenters. The summed E-state index contributed by atoms with van der Waals surface area (Å²) >= 11 is 0. The molecule has 0 saturated heterocycles. The first-order valence-corrected chi connectivity index (χ1v) is 10.6. The van der Waals surface area contributed by atoms with Crippen LogP contribution in [0.15, 0.2) is 47.6 Å². The van der Waals surface area contributed by atoms with Crippen molar-refractivity contribution in [2.45, 2.75) is 38.5 Å². The first kappa shape index (κ1) is 15.4. The molecule has 2 saturated carbocycles. The third kappa shape index (κ3) is 1.99. The van der Waals surface area contributed by atoms with Crippen molar-refractivity contribution in [1.82, 2.24) is 0 Å². The molecule has 6 aliphatic carbocycles. The molecule has 0 N–H and O–H groups in total. The number of carbonyl (C=O) groups is 2. The zero-order valence-electron chi connectivity index (χ0n) is 15.1. The van der Waals surface area contributed by atoms with Crippen LogP contribution in [-0.4, -0.2) is 11.6 Å². The van der Waals surface area contributed by atoms with Gasteiger partial charge in [-0.25, -0.2) is 0 Å². The zero-order valence-corrected chi connectivity index (χ0v) is 15.1. The molecule has 2 nitrogen and oxygen atoms in total. The molecule has 0 spiro atoms. The van der Waals surface area contributed by atoms with E-state index in [1.54, 1.807) is 0 Å². The zero-order chi connectivity index (χ0) is 17.4. The van der Waals surface area contributed by atoms with Gasteiger partial charge in [0, 0.05) is 11.8 Å². The molecule has 134 valence electrons. The average molecular weight is 346 g/mol. The van der Waals surface area contributed by atoms with Crippen molar-refractivity contribution in [2.24, 2.45) is 47.3 Å². The van der Waals surface area contributed by atoms with E-state index in [1.165, 1.54) is 12.8 Å². The third-order valence-corrected chi connectivity index (χ3v) is 8.21. The van der Waals surface area contributed by atoms with Crippen LogP contribution >= 0.6 is 0 Å². The van der Waals surface area contributed by atoms with E-state index in [2.05, 4.69) is 36.5 Å². The summed E-state index contributed by atoms with van der Waals surface area (Å²) in [5.41, 5.74) is 2.17. The summed E-state index contributed by atoms with van der Waals surface area (Å²) in [6.45, 7) is 0. The predicted molar refractivity (Wildman–Crippen MR) is 100 cm³/mol. The van der Waals surface area contributed by atoms with Crippen LogP contribution in [0.4, 0.5) is 0 Å². The Morgan fingerprint density at radius 2 is 1.08 bits per heavy atom. The van der Waals surface area contributed by atoms with Crippen molar-refractivity contribution in [3.05, 3.63) is 47.6 Å². The Morgan fingerprint density at radius 1 is 0.654 bits per heavy atom. The fourth-order valence-electron chi connectivity index (χ4n) is 7.01. The van der Waals surface area contributed by atoms with Gasteiger partial charge in [-0.1, -0.05) is 36.5 Å². The van der Waals surface area contributed by atoms with Gasteiger partial charge in [0.05, 0.1) is 0 Å². The fourth-order valence-corrected chi connectivity index (χ4v) is 7.01.